The number of likely N-dealkylation sites (tertiary alicyclic amines) is 1. The number of nitrogens with one attached hydrogen (secondary N) is 1. The van der Waals surface area contributed by atoms with E-state index in [4.69, 9.17) is 0 Å². The minimum absolute atomic E-state index is 0.0831. The molecule has 2 aromatic heterocycles. The number of hydrogen-bond donors (Lipinski definition) is 1. The molecule has 1 saturated heterocycles. The van der Waals surface area contributed by atoms with Gasteiger partial charge in [-0.1, -0.05) is 13.0 Å². The average Bonchev–Trinajstić information content (AvgIpc) is 3.35. The molecule has 4 heterocycles. The smallest absolute Gasteiger partial charge is 0.272 e. The fourth-order valence-corrected chi connectivity index (χ4v) is 4.64. The second kappa shape index (κ2) is 7.75. The van der Waals surface area contributed by atoms with Gasteiger partial charge in [0.15, 0.2) is 4.96 Å². The average molecular weight is 433 g/mol. The molecule has 0 aliphatic carbocycles. The Bertz CT molecular complexity index is 1150. The second-order valence-electron chi connectivity index (χ2n) is 7.20. The van der Waals surface area contributed by atoms with Crippen molar-refractivity contribution in [3.8, 4) is 0 Å². The Labute approximate surface area is 175 Å². The number of halogens is 2. The zero-order valence-corrected chi connectivity index (χ0v) is 17.4. The summed E-state index contributed by atoms with van der Waals surface area (Å²) in [5.74, 6) is -4.33. The summed E-state index contributed by atoms with van der Waals surface area (Å²) in [5, 5.41) is 4.64. The van der Waals surface area contributed by atoms with Crippen molar-refractivity contribution in [1.82, 2.24) is 19.6 Å². The third kappa shape index (κ3) is 3.34. The largest absolute Gasteiger partial charge is 0.346 e. The minimum Gasteiger partial charge on any atom is -0.346 e. The SMILES string of the molecule is CC/C=C1/C(C2CCN(C(=O)c3cnc4sccn4c3=O)CC2(F)F)=CNC1=NC. The highest BCUT2D eigenvalue weighted by Crippen LogP contribution is 2.41. The van der Waals surface area contributed by atoms with E-state index in [0.717, 1.165) is 4.90 Å². The zero-order valence-electron chi connectivity index (χ0n) is 16.6. The Morgan fingerprint density at radius 2 is 2.30 bits per heavy atom. The lowest BCUT2D eigenvalue weighted by Crippen LogP contribution is -2.52. The normalized spacial score (nSPS) is 23.8. The van der Waals surface area contributed by atoms with Gasteiger partial charge in [-0.3, -0.25) is 19.0 Å². The molecule has 10 heteroatoms. The van der Waals surface area contributed by atoms with Gasteiger partial charge in [-0.25, -0.2) is 13.8 Å². The first-order chi connectivity index (χ1) is 14.4. The fourth-order valence-electron chi connectivity index (χ4n) is 3.97. The number of allylic oxidation sites excluding steroid dienone is 1. The van der Waals surface area contributed by atoms with Crippen LogP contribution in [0.1, 0.15) is 30.1 Å². The number of nitrogens with zero attached hydrogens (tertiary/aromatic N) is 4. The molecule has 4 rings (SSSR count). The Morgan fingerprint density at radius 3 is 3.00 bits per heavy atom. The van der Waals surface area contributed by atoms with Crippen molar-refractivity contribution in [1.29, 1.82) is 0 Å². The third-order valence-corrected chi connectivity index (χ3v) is 6.17. The molecule has 7 nitrogen and oxygen atoms in total. The maximum Gasteiger partial charge on any atom is 0.272 e. The van der Waals surface area contributed by atoms with Crippen molar-refractivity contribution >= 4 is 28.0 Å². The number of fused-ring (bicyclic) bond motifs is 1. The van der Waals surface area contributed by atoms with E-state index in [2.05, 4.69) is 15.3 Å². The highest BCUT2D eigenvalue weighted by molar-refractivity contribution is 7.15. The van der Waals surface area contributed by atoms with Crippen LogP contribution in [0, 0.1) is 5.92 Å². The van der Waals surface area contributed by atoms with Crippen LogP contribution < -0.4 is 10.9 Å². The summed E-state index contributed by atoms with van der Waals surface area (Å²) in [4.78, 5) is 35.1. The van der Waals surface area contributed by atoms with Crippen molar-refractivity contribution in [3.63, 3.8) is 0 Å². The Hall–Kier alpha value is -2.88. The molecule has 1 unspecified atom stereocenters. The molecule has 0 aromatic carbocycles. The van der Waals surface area contributed by atoms with Crippen molar-refractivity contribution in [2.24, 2.45) is 10.9 Å². The predicted octanol–water partition coefficient (Wildman–Crippen LogP) is 2.71. The van der Waals surface area contributed by atoms with Crippen LogP contribution in [-0.2, 0) is 0 Å². The van der Waals surface area contributed by atoms with Crippen molar-refractivity contribution in [3.05, 3.63) is 57.1 Å². The summed E-state index contributed by atoms with van der Waals surface area (Å²) in [6, 6.07) is 0. The molecule has 1 amide bonds. The predicted molar refractivity (Wildman–Crippen MR) is 111 cm³/mol. The number of amidine groups is 1. The molecule has 1 fully saturated rings. The van der Waals surface area contributed by atoms with Gasteiger partial charge in [0.05, 0.1) is 12.5 Å². The van der Waals surface area contributed by atoms with Gasteiger partial charge in [0.1, 0.15) is 11.4 Å². The Balaban J connectivity index is 1.58. The number of piperidine rings is 1. The molecule has 0 radical (unpaired) electrons. The highest BCUT2D eigenvalue weighted by Gasteiger charge is 2.49. The van der Waals surface area contributed by atoms with Gasteiger partial charge in [0.25, 0.3) is 17.4 Å². The molecule has 2 aromatic rings. The van der Waals surface area contributed by atoms with E-state index in [1.54, 1.807) is 18.6 Å². The first-order valence-corrected chi connectivity index (χ1v) is 10.5. The quantitative estimate of drug-likeness (QED) is 0.807. The molecular weight excluding hydrogens is 412 g/mol. The van der Waals surface area contributed by atoms with Gasteiger partial charge < -0.3 is 10.2 Å². The lowest BCUT2D eigenvalue weighted by molar-refractivity contribution is -0.0887. The highest BCUT2D eigenvalue weighted by atomic mass is 32.1. The van der Waals surface area contributed by atoms with E-state index in [-0.39, 0.29) is 18.5 Å². The van der Waals surface area contributed by atoms with Gasteiger partial charge in [0, 0.05) is 43.1 Å². The summed E-state index contributed by atoms with van der Waals surface area (Å²) in [7, 11) is 1.61. The number of thiazole rings is 1. The van der Waals surface area contributed by atoms with E-state index < -0.39 is 29.9 Å². The molecule has 1 atom stereocenters. The summed E-state index contributed by atoms with van der Waals surface area (Å²) in [6.45, 7) is 1.31. The Kier molecular flexibility index (Phi) is 5.27. The van der Waals surface area contributed by atoms with E-state index in [1.807, 2.05) is 13.0 Å². The van der Waals surface area contributed by atoms with Gasteiger partial charge in [-0.2, -0.15) is 0 Å². The standard InChI is InChI=1S/C20H21F2N5O2S/c1-3-4-12-13(9-24-16(12)23-2)15-5-6-26(11-20(15,21)22)17(28)14-10-25-19-27(18(14)29)7-8-30-19/h4,7-10,15H,3,5-6,11H2,1-2H3,(H,23,24)/b12-4-. The van der Waals surface area contributed by atoms with Crippen LogP contribution in [0.5, 0.6) is 0 Å². The van der Waals surface area contributed by atoms with E-state index in [1.165, 1.54) is 28.1 Å². The molecule has 1 N–H and O–H groups in total. The van der Waals surface area contributed by atoms with Crippen molar-refractivity contribution in [2.75, 3.05) is 20.1 Å². The number of aliphatic imine (C=N–C) groups is 1. The van der Waals surface area contributed by atoms with Crippen LogP contribution in [0.4, 0.5) is 8.78 Å². The van der Waals surface area contributed by atoms with Crippen LogP contribution in [0.2, 0.25) is 0 Å². The molecule has 158 valence electrons. The number of alkyl halides is 2. The summed E-state index contributed by atoms with van der Waals surface area (Å²) >= 11 is 1.26. The molecule has 0 spiro atoms. The first kappa shape index (κ1) is 20.4. The molecule has 0 bridgehead atoms. The number of amides is 1. The van der Waals surface area contributed by atoms with Crippen LogP contribution in [0.25, 0.3) is 4.96 Å². The van der Waals surface area contributed by atoms with Gasteiger partial charge >= 0.3 is 0 Å². The van der Waals surface area contributed by atoms with Crippen LogP contribution in [0.15, 0.2) is 51.0 Å². The molecule has 2 aliphatic rings. The third-order valence-electron chi connectivity index (χ3n) is 5.40. The van der Waals surface area contributed by atoms with Gasteiger partial charge in [-0.05, 0) is 18.4 Å². The molecule has 30 heavy (non-hydrogen) atoms. The number of aromatic nitrogens is 2. The van der Waals surface area contributed by atoms with Gasteiger partial charge in [-0.15, -0.1) is 11.3 Å². The van der Waals surface area contributed by atoms with Gasteiger partial charge in [0.2, 0.25) is 0 Å². The fraction of sp³-hybridized carbons (Fsp3) is 0.400. The van der Waals surface area contributed by atoms with Crippen LogP contribution in [-0.4, -0.2) is 52.1 Å². The zero-order chi connectivity index (χ0) is 21.5. The Morgan fingerprint density at radius 1 is 1.50 bits per heavy atom. The topological polar surface area (TPSA) is 79.1 Å². The second-order valence-corrected chi connectivity index (χ2v) is 8.08. The minimum atomic E-state index is -3.15. The number of hydrogen-bond acceptors (Lipinski definition) is 5. The number of carbonyl (C=O) groups excluding carboxylic acids is 1. The number of rotatable bonds is 3. The summed E-state index contributed by atoms with van der Waals surface area (Å²) < 4.78 is 31.6. The lowest BCUT2D eigenvalue weighted by Gasteiger charge is -2.39. The number of carbonyl (C=O) groups is 1. The van der Waals surface area contributed by atoms with Crippen molar-refractivity contribution in [2.45, 2.75) is 25.7 Å². The van der Waals surface area contributed by atoms with E-state index >= 15 is 8.78 Å². The lowest BCUT2D eigenvalue weighted by atomic mass is 9.83. The molecular formula is C20H21F2N5O2S. The van der Waals surface area contributed by atoms with E-state index in [0.29, 0.717) is 28.4 Å². The van der Waals surface area contributed by atoms with Crippen LogP contribution in [0.3, 0.4) is 0 Å². The first-order valence-electron chi connectivity index (χ1n) is 9.63. The van der Waals surface area contributed by atoms with Crippen molar-refractivity contribution < 1.29 is 13.6 Å². The summed E-state index contributed by atoms with van der Waals surface area (Å²) in [6.07, 6.45) is 6.93. The molecule has 2 aliphatic heterocycles. The maximum atomic E-state index is 15.2. The van der Waals surface area contributed by atoms with E-state index in [9.17, 15) is 9.59 Å². The summed E-state index contributed by atoms with van der Waals surface area (Å²) in [5.41, 5.74) is 0.455. The monoisotopic (exact) mass is 433 g/mol. The van der Waals surface area contributed by atoms with Crippen LogP contribution >= 0.6 is 11.3 Å². The maximum absolute atomic E-state index is 15.2. The molecule has 0 saturated carbocycles.